The van der Waals surface area contributed by atoms with Gasteiger partial charge in [-0.1, -0.05) is 0 Å². The highest BCUT2D eigenvalue weighted by molar-refractivity contribution is 4.55. The van der Waals surface area contributed by atoms with Gasteiger partial charge in [0.15, 0.2) is 5.79 Å². The van der Waals surface area contributed by atoms with Gasteiger partial charge in [-0.15, -0.1) is 0 Å². The maximum absolute atomic E-state index is 8.65. The zero-order chi connectivity index (χ0) is 6.62. The normalized spacial score (nSPS) is 12.0. The lowest BCUT2D eigenvalue weighted by atomic mass is 10.2. The van der Waals surface area contributed by atoms with E-state index in [1.807, 2.05) is 0 Å². The molecule has 0 aliphatic carbocycles. The van der Waals surface area contributed by atoms with Gasteiger partial charge in [-0.05, 0) is 19.9 Å². The predicted molar refractivity (Wildman–Crippen MR) is 31.1 cm³/mol. The van der Waals surface area contributed by atoms with Crippen molar-refractivity contribution in [2.24, 2.45) is 5.73 Å². The molecule has 8 heavy (non-hydrogen) atoms. The van der Waals surface area contributed by atoms with E-state index in [-0.39, 0.29) is 0 Å². The molecule has 0 saturated carbocycles. The summed E-state index contributed by atoms with van der Waals surface area (Å²) in [5.74, 6) is -1.53. The molecular formula is C5H13NO2. The Morgan fingerprint density at radius 1 is 1.50 bits per heavy atom. The van der Waals surface area contributed by atoms with E-state index in [0.29, 0.717) is 19.4 Å². The van der Waals surface area contributed by atoms with Crippen molar-refractivity contribution in [1.29, 1.82) is 0 Å². The Morgan fingerprint density at radius 2 is 2.00 bits per heavy atom. The molecule has 0 spiro atoms. The second-order valence-corrected chi connectivity index (χ2v) is 2.11. The molecule has 0 bridgehead atoms. The summed E-state index contributed by atoms with van der Waals surface area (Å²) < 4.78 is 0. The first kappa shape index (κ1) is 7.88. The van der Waals surface area contributed by atoms with Crippen LogP contribution in [0.15, 0.2) is 0 Å². The molecule has 0 aromatic rings. The van der Waals surface area contributed by atoms with Crippen molar-refractivity contribution in [3.05, 3.63) is 0 Å². The van der Waals surface area contributed by atoms with Crippen LogP contribution in [0.3, 0.4) is 0 Å². The van der Waals surface area contributed by atoms with Gasteiger partial charge in [-0.3, -0.25) is 0 Å². The molecule has 0 aliphatic heterocycles. The molecule has 3 nitrogen and oxygen atoms in total. The molecule has 4 N–H and O–H groups in total. The minimum Gasteiger partial charge on any atom is -0.366 e. The highest BCUT2D eigenvalue weighted by Crippen LogP contribution is 2.04. The van der Waals surface area contributed by atoms with Crippen LogP contribution >= 0.6 is 0 Å². The zero-order valence-corrected chi connectivity index (χ0v) is 5.09. The maximum Gasteiger partial charge on any atom is 0.159 e. The van der Waals surface area contributed by atoms with Gasteiger partial charge in [0.25, 0.3) is 0 Å². The lowest BCUT2D eigenvalue weighted by Crippen LogP contribution is -2.23. The molecule has 0 aromatic heterocycles. The van der Waals surface area contributed by atoms with Gasteiger partial charge < -0.3 is 15.9 Å². The molecule has 0 fully saturated rings. The Hall–Kier alpha value is -0.120. The summed E-state index contributed by atoms with van der Waals surface area (Å²) >= 11 is 0. The van der Waals surface area contributed by atoms with Crippen LogP contribution in [0.1, 0.15) is 19.8 Å². The average Bonchev–Trinajstić information content (AvgIpc) is 1.59. The summed E-state index contributed by atoms with van der Waals surface area (Å²) in [4.78, 5) is 0. The van der Waals surface area contributed by atoms with Crippen LogP contribution < -0.4 is 5.73 Å². The highest BCUT2D eigenvalue weighted by atomic mass is 16.5. The van der Waals surface area contributed by atoms with Crippen LogP contribution in [-0.4, -0.2) is 22.5 Å². The lowest BCUT2D eigenvalue weighted by Gasteiger charge is -2.13. The maximum atomic E-state index is 8.65. The van der Waals surface area contributed by atoms with Crippen LogP contribution in [0.25, 0.3) is 0 Å². The number of hydrogen-bond donors (Lipinski definition) is 3. The van der Waals surface area contributed by atoms with Crippen LogP contribution in [0.2, 0.25) is 0 Å². The minimum atomic E-state index is -1.53. The first-order chi connectivity index (χ1) is 3.56. The summed E-state index contributed by atoms with van der Waals surface area (Å²) in [5, 5.41) is 17.3. The van der Waals surface area contributed by atoms with Crippen molar-refractivity contribution in [3.8, 4) is 0 Å². The van der Waals surface area contributed by atoms with Crippen molar-refractivity contribution in [2.45, 2.75) is 25.6 Å². The average molecular weight is 119 g/mol. The van der Waals surface area contributed by atoms with Gasteiger partial charge in [0.2, 0.25) is 0 Å². The molecule has 0 amide bonds. The van der Waals surface area contributed by atoms with Gasteiger partial charge in [-0.25, -0.2) is 0 Å². The molecule has 0 unspecified atom stereocenters. The summed E-state index contributed by atoms with van der Waals surface area (Å²) in [6, 6.07) is 0. The highest BCUT2D eigenvalue weighted by Gasteiger charge is 2.12. The monoisotopic (exact) mass is 119 g/mol. The van der Waals surface area contributed by atoms with Crippen LogP contribution in [0.4, 0.5) is 0 Å². The topological polar surface area (TPSA) is 66.5 Å². The third-order valence-electron chi connectivity index (χ3n) is 0.855. The Labute approximate surface area is 49.1 Å². The van der Waals surface area contributed by atoms with Gasteiger partial charge in [0.05, 0.1) is 0 Å². The molecule has 0 aromatic carbocycles. The largest absolute Gasteiger partial charge is 0.366 e. The van der Waals surface area contributed by atoms with Crippen LogP contribution in [0.5, 0.6) is 0 Å². The zero-order valence-electron chi connectivity index (χ0n) is 5.09. The molecule has 0 atom stereocenters. The number of rotatable bonds is 3. The fourth-order valence-corrected chi connectivity index (χ4v) is 0.437. The van der Waals surface area contributed by atoms with Crippen molar-refractivity contribution in [3.63, 3.8) is 0 Å². The number of hydrogen-bond acceptors (Lipinski definition) is 3. The molecule has 3 heteroatoms. The summed E-state index contributed by atoms with van der Waals surface area (Å²) in [5.41, 5.74) is 5.11. The Morgan fingerprint density at radius 3 is 2.12 bits per heavy atom. The number of nitrogens with two attached hydrogens (primary N) is 1. The molecule has 50 valence electrons. The van der Waals surface area contributed by atoms with E-state index in [4.69, 9.17) is 15.9 Å². The van der Waals surface area contributed by atoms with E-state index in [0.717, 1.165) is 0 Å². The first-order valence-electron chi connectivity index (χ1n) is 2.71. The van der Waals surface area contributed by atoms with Crippen molar-refractivity contribution >= 4 is 0 Å². The van der Waals surface area contributed by atoms with E-state index in [9.17, 15) is 0 Å². The van der Waals surface area contributed by atoms with Gasteiger partial charge >= 0.3 is 0 Å². The SMILES string of the molecule is CC(O)(O)CCCN. The van der Waals surface area contributed by atoms with Crippen molar-refractivity contribution in [2.75, 3.05) is 6.54 Å². The number of aliphatic hydroxyl groups is 2. The van der Waals surface area contributed by atoms with Gasteiger partial charge in [-0.2, -0.15) is 0 Å². The Balaban J connectivity index is 3.11. The molecule has 0 aliphatic rings. The van der Waals surface area contributed by atoms with Crippen molar-refractivity contribution in [1.82, 2.24) is 0 Å². The quantitative estimate of drug-likeness (QED) is 0.436. The molecule has 0 saturated heterocycles. The molecule has 0 rings (SSSR count). The van der Waals surface area contributed by atoms with E-state index in [1.54, 1.807) is 0 Å². The summed E-state index contributed by atoms with van der Waals surface area (Å²) in [6.07, 6.45) is 1.01. The molecule has 0 radical (unpaired) electrons. The van der Waals surface area contributed by atoms with Gasteiger partial charge in [0.1, 0.15) is 0 Å². The lowest BCUT2D eigenvalue weighted by molar-refractivity contribution is -0.149. The van der Waals surface area contributed by atoms with Crippen LogP contribution in [-0.2, 0) is 0 Å². The van der Waals surface area contributed by atoms with Gasteiger partial charge in [0, 0.05) is 6.42 Å². The third-order valence-corrected chi connectivity index (χ3v) is 0.855. The summed E-state index contributed by atoms with van der Waals surface area (Å²) in [6.45, 7) is 1.86. The van der Waals surface area contributed by atoms with E-state index in [1.165, 1.54) is 6.92 Å². The van der Waals surface area contributed by atoms with E-state index in [2.05, 4.69) is 0 Å². The third kappa shape index (κ3) is 5.88. The fourth-order valence-electron chi connectivity index (χ4n) is 0.437. The second-order valence-electron chi connectivity index (χ2n) is 2.11. The summed E-state index contributed by atoms with van der Waals surface area (Å²) in [7, 11) is 0. The molecule has 0 heterocycles. The first-order valence-corrected chi connectivity index (χ1v) is 2.71. The van der Waals surface area contributed by atoms with Crippen molar-refractivity contribution < 1.29 is 10.2 Å². The second kappa shape index (κ2) is 3.02. The smallest absolute Gasteiger partial charge is 0.159 e. The van der Waals surface area contributed by atoms with Crippen LogP contribution in [0, 0.1) is 0 Å². The molecular weight excluding hydrogens is 106 g/mol. The van der Waals surface area contributed by atoms with E-state index < -0.39 is 5.79 Å². The fraction of sp³-hybridized carbons (Fsp3) is 1.00. The Kier molecular flexibility index (Phi) is 2.97. The predicted octanol–water partition coefficient (Wildman–Crippen LogP) is -0.574. The van der Waals surface area contributed by atoms with E-state index >= 15 is 0 Å². The minimum absolute atomic E-state index is 0.351. The Bertz CT molecular complexity index is 57.9. The standard InChI is InChI=1S/C5H13NO2/c1-5(7,8)3-2-4-6/h7-8H,2-4,6H2,1H3.